The van der Waals surface area contributed by atoms with E-state index in [1.807, 2.05) is 30.3 Å². The zero-order valence-corrected chi connectivity index (χ0v) is 21.9. The second-order valence-electron chi connectivity index (χ2n) is 9.17. The fourth-order valence-corrected chi connectivity index (χ4v) is 3.52. The minimum absolute atomic E-state index is 0.170. The second-order valence-corrected chi connectivity index (χ2v) is 9.17. The number of carbonyl (C=O) groups is 6. The van der Waals surface area contributed by atoms with Crippen molar-refractivity contribution in [3.63, 3.8) is 0 Å². The number of hydrazine groups is 1. The molecule has 38 heavy (non-hydrogen) atoms. The number of aliphatic carboxylic acids is 1. The number of hydrogen-bond acceptors (Lipinski definition) is 7. The third-order valence-electron chi connectivity index (χ3n) is 5.65. The van der Waals surface area contributed by atoms with Crippen LogP contribution in [0, 0.1) is 5.92 Å². The van der Waals surface area contributed by atoms with E-state index in [0.29, 0.717) is 18.0 Å². The number of carboxylic acids is 1. The summed E-state index contributed by atoms with van der Waals surface area (Å²) >= 11 is 0. The number of hydrogen-bond donors (Lipinski definition) is 5. The Balaban J connectivity index is 1.94. The van der Waals surface area contributed by atoms with Gasteiger partial charge in [-0.25, -0.2) is 5.01 Å². The summed E-state index contributed by atoms with van der Waals surface area (Å²) in [6.45, 7) is 5.93. The molecule has 4 atom stereocenters. The lowest BCUT2D eigenvalue weighted by Gasteiger charge is -2.26. The van der Waals surface area contributed by atoms with Crippen LogP contribution < -0.4 is 21.4 Å². The number of carbonyl (C=O) groups excluding carboxylic acids is 5. The van der Waals surface area contributed by atoms with E-state index in [2.05, 4.69) is 21.4 Å². The highest BCUT2D eigenvalue weighted by molar-refractivity contribution is 5.97. The third-order valence-corrected chi connectivity index (χ3v) is 5.65. The Bertz CT molecular complexity index is 1030. The number of benzene rings is 1. The Morgan fingerprint density at radius 3 is 2.21 bits per heavy atom. The largest absolute Gasteiger partial charge is 0.480 e. The van der Waals surface area contributed by atoms with Crippen molar-refractivity contribution in [2.45, 2.75) is 64.8 Å². The SMILES string of the molecule is CCNC(=O)[C@H]1O[C@@H]1C(=O)N(CC(=O)O)NC(=O)[C@H](C)NC(=O)[C@@H](NC(=O)CCc1ccccc1)C(C)C. The number of nitrogens with zero attached hydrogens (tertiary/aromatic N) is 1. The van der Waals surface area contributed by atoms with E-state index in [1.165, 1.54) is 6.92 Å². The number of epoxide rings is 1. The van der Waals surface area contributed by atoms with Crippen LogP contribution in [0.5, 0.6) is 0 Å². The van der Waals surface area contributed by atoms with Crippen LogP contribution in [0.3, 0.4) is 0 Å². The van der Waals surface area contributed by atoms with Crippen molar-refractivity contribution in [3.8, 4) is 0 Å². The Hall–Kier alpha value is -4.00. The molecule has 1 aromatic rings. The van der Waals surface area contributed by atoms with Crippen LogP contribution >= 0.6 is 0 Å². The van der Waals surface area contributed by atoms with Gasteiger partial charge in [0.25, 0.3) is 17.7 Å². The number of aryl methyl sites for hydroxylation is 1. The van der Waals surface area contributed by atoms with Crippen molar-refractivity contribution in [2.75, 3.05) is 13.1 Å². The van der Waals surface area contributed by atoms with Gasteiger partial charge < -0.3 is 25.8 Å². The smallest absolute Gasteiger partial charge is 0.325 e. The first-order valence-corrected chi connectivity index (χ1v) is 12.3. The van der Waals surface area contributed by atoms with Crippen LogP contribution in [-0.4, -0.2) is 83.0 Å². The summed E-state index contributed by atoms with van der Waals surface area (Å²) in [6, 6.07) is 7.29. The number of nitrogens with one attached hydrogen (secondary N) is 4. The second kappa shape index (κ2) is 14.1. The molecule has 208 valence electrons. The van der Waals surface area contributed by atoms with E-state index >= 15 is 0 Å². The third kappa shape index (κ3) is 9.14. The monoisotopic (exact) mass is 533 g/mol. The maximum atomic E-state index is 12.9. The molecule has 0 bridgehead atoms. The number of amides is 5. The fourth-order valence-electron chi connectivity index (χ4n) is 3.52. The predicted molar refractivity (Wildman–Crippen MR) is 134 cm³/mol. The number of rotatable bonds is 13. The van der Waals surface area contributed by atoms with Crippen molar-refractivity contribution in [2.24, 2.45) is 5.92 Å². The molecule has 1 heterocycles. The lowest BCUT2D eigenvalue weighted by atomic mass is 10.0. The van der Waals surface area contributed by atoms with Crippen LogP contribution in [0.15, 0.2) is 30.3 Å². The van der Waals surface area contributed by atoms with Crippen LogP contribution in [0.2, 0.25) is 0 Å². The molecule has 1 aliphatic heterocycles. The number of ether oxygens (including phenoxy) is 1. The molecule has 0 spiro atoms. The van der Waals surface area contributed by atoms with Gasteiger partial charge in [0.15, 0.2) is 12.2 Å². The first-order chi connectivity index (χ1) is 17.9. The normalized spacial score (nSPS) is 17.5. The molecule has 2 rings (SSSR count). The summed E-state index contributed by atoms with van der Waals surface area (Å²) in [5, 5.41) is 17.3. The average Bonchev–Trinajstić information content (AvgIpc) is 3.66. The number of likely N-dealkylation sites (N-methyl/N-ethyl adjacent to an activating group) is 1. The summed E-state index contributed by atoms with van der Waals surface area (Å²) in [6.07, 6.45) is -1.65. The van der Waals surface area contributed by atoms with E-state index in [9.17, 15) is 28.8 Å². The predicted octanol–water partition coefficient (Wildman–Crippen LogP) is -0.887. The van der Waals surface area contributed by atoms with Crippen molar-refractivity contribution in [1.82, 2.24) is 26.4 Å². The average molecular weight is 534 g/mol. The Morgan fingerprint density at radius 1 is 0.974 bits per heavy atom. The van der Waals surface area contributed by atoms with Gasteiger partial charge in [0.1, 0.15) is 18.6 Å². The maximum absolute atomic E-state index is 12.9. The van der Waals surface area contributed by atoms with Gasteiger partial charge >= 0.3 is 5.97 Å². The van der Waals surface area contributed by atoms with Gasteiger partial charge in [-0.3, -0.25) is 34.2 Å². The standard InChI is InChI=1S/C25H35N5O8/c1-5-26-24(36)20-21(38-20)25(37)30(13-18(32)33)29-22(34)15(4)27-23(35)19(14(2)3)28-17(31)12-11-16-9-7-6-8-10-16/h6-10,14-15,19-21H,5,11-13H2,1-4H3,(H,26,36)(H,27,35)(H,28,31)(H,29,34)(H,32,33)/t15-,19-,20-,21-/m0/s1. The molecular formula is C25H35N5O8. The van der Waals surface area contributed by atoms with E-state index < -0.39 is 60.4 Å². The van der Waals surface area contributed by atoms with Gasteiger partial charge in [-0.2, -0.15) is 0 Å². The molecule has 0 radical (unpaired) electrons. The molecule has 1 saturated heterocycles. The molecule has 1 aromatic carbocycles. The summed E-state index contributed by atoms with van der Waals surface area (Å²) in [5.74, 6) is -4.98. The van der Waals surface area contributed by atoms with Crippen LogP contribution in [0.4, 0.5) is 0 Å². The van der Waals surface area contributed by atoms with Gasteiger partial charge in [0.2, 0.25) is 11.8 Å². The Morgan fingerprint density at radius 2 is 1.63 bits per heavy atom. The molecule has 5 amide bonds. The Labute approximate surface area is 220 Å². The summed E-state index contributed by atoms with van der Waals surface area (Å²) in [7, 11) is 0. The maximum Gasteiger partial charge on any atom is 0.325 e. The highest BCUT2D eigenvalue weighted by Gasteiger charge is 2.52. The number of carboxylic acid groups (broad SMARTS) is 1. The Kier molecular flexibility index (Phi) is 11.2. The summed E-state index contributed by atoms with van der Waals surface area (Å²) in [4.78, 5) is 73.7. The van der Waals surface area contributed by atoms with Crippen molar-refractivity contribution >= 4 is 35.5 Å². The summed E-state index contributed by atoms with van der Waals surface area (Å²) in [5.41, 5.74) is 3.14. The van der Waals surface area contributed by atoms with Crippen LogP contribution in [0.1, 0.15) is 39.7 Å². The van der Waals surface area contributed by atoms with E-state index in [0.717, 1.165) is 5.56 Å². The van der Waals surface area contributed by atoms with E-state index in [1.54, 1.807) is 20.8 Å². The van der Waals surface area contributed by atoms with Crippen LogP contribution in [0.25, 0.3) is 0 Å². The van der Waals surface area contributed by atoms with Gasteiger partial charge in [0, 0.05) is 13.0 Å². The lowest BCUT2D eigenvalue weighted by molar-refractivity contribution is -0.151. The van der Waals surface area contributed by atoms with Crippen LogP contribution in [-0.2, 0) is 39.9 Å². The molecule has 5 N–H and O–H groups in total. The molecule has 0 unspecified atom stereocenters. The van der Waals surface area contributed by atoms with Crippen molar-refractivity contribution < 1.29 is 38.6 Å². The van der Waals surface area contributed by atoms with E-state index in [-0.39, 0.29) is 18.2 Å². The first-order valence-electron chi connectivity index (χ1n) is 12.3. The topological polar surface area (TPSA) is 187 Å². The molecular weight excluding hydrogens is 498 g/mol. The zero-order valence-electron chi connectivity index (χ0n) is 21.9. The van der Waals surface area contributed by atoms with Crippen molar-refractivity contribution in [1.29, 1.82) is 0 Å². The molecule has 13 nitrogen and oxygen atoms in total. The summed E-state index contributed by atoms with van der Waals surface area (Å²) < 4.78 is 5.05. The molecule has 1 aliphatic rings. The molecule has 13 heteroatoms. The highest BCUT2D eigenvalue weighted by atomic mass is 16.6. The van der Waals surface area contributed by atoms with Crippen molar-refractivity contribution in [3.05, 3.63) is 35.9 Å². The van der Waals surface area contributed by atoms with E-state index in [4.69, 9.17) is 9.84 Å². The van der Waals surface area contributed by atoms with Gasteiger partial charge in [-0.15, -0.1) is 0 Å². The minimum atomic E-state index is -1.41. The molecule has 0 saturated carbocycles. The zero-order chi connectivity index (χ0) is 28.4. The first kappa shape index (κ1) is 30.2. The van der Waals surface area contributed by atoms with Gasteiger partial charge in [-0.05, 0) is 31.7 Å². The molecule has 0 aliphatic carbocycles. The van der Waals surface area contributed by atoms with Gasteiger partial charge in [-0.1, -0.05) is 44.2 Å². The fraction of sp³-hybridized carbons (Fsp3) is 0.520. The van der Waals surface area contributed by atoms with Gasteiger partial charge in [0.05, 0.1) is 0 Å². The molecule has 0 aromatic heterocycles. The quantitative estimate of drug-likeness (QED) is 0.160. The minimum Gasteiger partial charge on any atom is -0.480 e. The lowest BCUT2D eigenvalue weighted by Crippen LogP contribution is -2.58. The molecule has 1 fully saturated rings. The highest BCUT2D eigenvalue weighted by Crippen LogP contribution is 2.24.